The van der Waals surface area contributed by atoms with Crippen LogP contribution in [0.5, 0.6) is 0 Å². The molecule has 0 aliphatic rings. The van der Waals surface area contributed by atoms with E-state index in [9.17, 15) is 52.4 Å². The number of amides is 5. The Balaban J connectivity index is 3.91. The average Bonchev–Trinajstić information content (AvgIpc) is 2.98. The predicted octanol–water partition coefficient (Wildman–Crippen LogP) is 1.55. The molecule has 0 rings (SSSR count). The van der Waals surface area contributed by atoms with Gasteiger partial charge in [0.1, 0.15) is 0 Å². The van der Waals surface area contributed by atoms with Gasteiger partial charge in [-0.1, -0.05) is 6.42 Å². The second-order valence-corrected chi connectivity index (χ2v) is 10.2. The van der Waals surface area contributed by atoms with Crippen molar-refractivity contribution in [1.29, 1.82) is 0 Å². The number of hydrogen-bond acceptors (Lipinski definition) is 10. The SMILES string of the molecule is CC(=O)N(CCCCCNC(=O)CCC(=O)N(O)CCCCCNC(=O)CCC(=O)N(O)CCCCCN)OC(=O)C(F)(F)F. The minimum Gasteiger partial charge on any atom is -0.356 e. The van der Waals surface area contributed by atoms with Crippen molar-refractivity contribution in [1.82, 2.24) is 25.8 Å². The van der Waals surface area contributed by atoms with E-state index in [-0.39, 0.29) is 64.2 Å². The van der Waals surface area contributed by atoms with Crippen LogP contribution in [0.2, 0.25) is 0 Å². The van der Waals surface area contributed by atoms with Gasteiger partial charge in [0.15, 0.2) is 0 Å². The number of nitrogens with one attached hydrogen (secondary N) is 2. The van der Waals surface area contributed by atoms with Crippen molar-refractivity contribution in [3.8, 4) is 0 Å². The first kappa shape index (κ1) is 41.5. The van der Waals surface area contributed by atoms with Gasteiger partial charge in [0.25, 0.3) is 5.91 Å². The molecule has 0 aromatic rings. The van der Waals surface area contributed by atoms with Crippen molar-refractivity contribution in [3.05, 3.63) is 0 Å². The molecule has 0 spiro atoms. The summed E-state index contributed by atoms with van der Waals surface area (Å²) >= 11 is 0. The number of rotatable bonds is 23. The lowest BCUT2D eigenvalue weighted by Crippen LogP contribution is -2.38. The lowest BCUT2D eigenvalue weighted by Gasteiger charge is -2.20. The van der Waals surface area contributed by atoms with Crippen LogP contribution in [0, 0.1) is 0 Å². The summed E-state index contributed by atoms with van der Waals surface area (Å²) in [5.41, 5.74) is 5.39. The number of hydrogen-bond donors (Lipinski definition) is 5. The van der Waals surface area contributed by atoms with E-state index in [1.54, 1.807) is 0 Å². The third kappa shape index (κ3) is 21.8. The zero-order chi connectivity index (χ0) is 34.3. The van der Waals surface area contributed by atoms with Crippen LogP contribution in [0.25, 0.3) is 0 Å². The molecule has 5 amide bonds. The zero-order valence-corrected chi connectivity index (χ0v) is 25.7. The molecule has 0 radical (unpaired) electrons. The van der Waals surface area contributed by atoms with Crippen molar-refractivity contribution >= 4 is 35.5 Å². The maximum absolute atomic E-state index is 12.3. The molecule has 260 valence electrons. The minimum absolute atomic E-state index is 0.0378. The van der Waals surface area contributed by atoms with Crippen molar-refractivity contribution in [3.63, 3.8) is 0 Å². The normalized spacial score (nSPS) is 11.0. The minimum atomic E-state index is -5.23. The van der Waals surface area contributed by atoms with Gasteiger partial charge < -0.3 is 21.2 Å². The van der Waals surface area contributed by atoms with Gasteiger partial charge >= 0.3 is 12.1 Å². The molecular weight excluding hydrogens is 609 g/mol. The van der Waals surface area contributed by atoms with E-state index in [2.05, 4.69) is 15.5 Å². The number of carbonyl (C=O) groups is 6. The molecule has 0 fully saturated rings. The van der Waals surface area contributed by atoms with Crippen molar-refractivity contribution in [2.45, 2.75) is 96.6 Å². The highest BCUT2D eigenvalue weighted by molar-refractivity contribution is 5.84. The maximum atomic E-state index is 12.3. The average molecular weight is 657 g/mol. The Labute approximate surface area is 260 Å². The third-order valence-corrected chi connectivity index (χ3v) is 6.29. The van der Waals surface area contributed by atoms with E-state index in [1.165, 1.54) is 0 Å². The van der Waals surface area contributed by atoms with E-state index in [1.807, 2.05) is 0 Å². The molecule has 0 aromatic heterocycles. The fourth-order valence-corrected chi connectivity index (χ4v) is 3.70. The summed E-state index contributed by atoms with van der Waals surface area (Å²) in [5, 5.41) is 26.3. The van der Waals surface area contributed by atoms with Crippen molar-refractivity contribution in [2.75, 3.05) is 39.3 Å². The molecule has 0 atom stereocenters. The maximum Gasteiger partial charge on any atom is 0.493 e. The molecule has 45 heavy (non-hydrogen) atoms. The van der Waals surface area contributed by atoms with Crippen molar-refractivity contribution < 1.29 is 57.2 Å². The Hall–Kier alpha value is -3.51. The fourth-order valence-electron chi connectivity index (χ4n) is 3.70. The molecule has 0 bridgehead atoms. The van der Waals surface area contributed by atoms with E-state index < -0.39 is 35.8 Å². The Bertz CT molecular complexity index is 940. The van der Waals surface area contributed by atoms with Gasteiger partial charge in [0, 0.05) is 58.8 Å². The summed E-state index contributed by atoms with van der Waals surface area (Å²) < 4.78 is 36.8. The van der Waals surface area contributed by atoms with Gasteiger partial charge in [-0.05, 0) is 57.9 Å². The van der Waals surface area contributed by atoms with Crippen LogP contribution in [0.4, 0.5) is 13.2 Å². The van der Waals surface area contributed by atoms with Crippen molar-refractivity contribution in [2.24, 2.45) is 5.73 Å². The summed E-state index contributed by atoms with van der Waals surface area (Å²) in [5.74, 6) is -5.30. The summed E-state index contributed by atoms with van der Waals surface area (Å²) in [6.45, 7) is 2.03. The molecule has 15 nitrogen and oxygen atoms in total. The number of halogens is 3. The smallest absolute Gasteiger partial charge is 0.356 e. The Morgan fingerprint density at radius 2 is 1.09 bits per heavy atom. The number of alkyl halides is 3. The molecule has 0 unspecified atom stereocenters. The number of carbonyl (C=O) groups excluding carboxylic acids is 6. The predicted molar refractivity (Wildman–Crippen MR) is 152 cm³/mol. The Morgan fingerprint density at radius 3 is 1.49 bits per heavy atom. The van der Waals surface area contributed by atoms with Crippen LogP contribution in [-0.2, 0) is 33.6 Å². The first-order valence-electron chi connectivity index (χ1n) is 15.0. The van der Waals surface area contributed by atoms with Gasteiger partial charge in [0.05, 0.1) is 6.54 Å². The second kappa shape index (κ2) is 23.8. The lowest BCUT2D eigenvalue weighted by molar-refractivity contribution is -0.236. The van der Waals surface area contributed by atoms with E-state index in [4.69, 9.17) is 5.73 Å². The quantitative estimate of drug-likeness (QED) is 0.0608. The van der Waals surface area contributed by atoms with E-state index in [0.717, 1.165) is 19.8 Å². The van der Waals surface area contributed by atoms with Crippen LogP contribution in [0.15, 0.2) is 0 Å². The third-order valence-electron chi connectivity index (χ3n) is 6.29. The largest absolute Gasteiger partial charge is 0.493 e. The van der Waals surface area contributed by atoms with Gasteiger partial charge in [-0.25, -0.2) is 14.9 Å². The molecule has 0 aliphatic carbocycles. The van der Waals surface area contributed by atoms with E-state index >= 15 is 0 Å². The van der Waals surface area contributed by atoms with Crippen LogP contribution in [0.1, 0.15) is 90.4 Å². The number of unbranched alkanes of at least 4 members (excludes halogenated alkanes) is 6. The number of nitrogens with zero attached hydrogens (tertiary/aromatic N) is 3. The van der Waals surface area contributed by atoms with Gasteiger partial charge in [0.2, 0.25) is 23.6 Å². The summed E-state index contributed by atoms with van der Waals surface area (Å²) in [7, 11) is 0. The summed E-state index contributed by atoms with van der Waals surface area (Å²) in [6.07, 6.45) is -0.931. The first-order chi connectivity index (χ1) is 21.2. The Kier molecular flexibility index (Phi) is 22.0. The van der Waals surface area contributed by atoms with Crippen LogP contribution in [0.3, 0.4) is 0 Å². The molecular formula is C27H47F3N6O9. The lowest BCUT2D eigenvalue weighted by atomic mass is 10.2. The molecule has 0 aliphatic heterocycles. The molecule has 6 N–H and O–H groups in total. The monoisotopic (exact) mass is 656 g/mol. The highest BCUT2D eigenvalue weighted by Gasteiger charge is 2.43. The number of hydroxylamine groups is 6. The molecule has 0 aromatic carbocycles. The topological polar surface area (TPSA) is 212 Å². The standard InChI is InChI=1S/C27H47F3N6O9/c1-21(37)36(45-26(42)27(28,29)30)20-10-4-7-17-33-23(39)12-14-25(41)35(44)19-9-3-6-16-32-22(38)11-13-24(40)34(43)18-8-2-5-15-31/h43-44H,2-20,31H2,1H3,(H,32,38)(H,33,39). The van der Waals surface area contributed by atoms with Crippen LogP contribution < -0.4 is 16.4 Å². The molecule has 18 heteroatoms. The van der Waals surface area contributed by atoms with Gasteiger partial charge in [-0.3, -0.25) is 34.4 Å². The zero-order valence-electron chi connectivity index (χ0n) is 25.7. The highest BCUT2D eigenvalue weighted by Crippen LogP contribution is 2.17. The summed E-state index contributed by atoms with van der Waals surface area (Å²) in [6, 6.07) is 0. The van der Waals surface area contributed by atoms with Gasteiger partial charge in [-0.15, -0.1) is 0 Å². The first-order valence-corrected chi connectivity index (χ1v) is 15.0. The highest BCUT2D eigenvalue weighted by atomic mass is 19.4. The van der Waals surface area contributed by atoms with Gasteiger partial charge in [-0.2, -0.15) is 18.2 Å². The number of nitrogens with two attached hydrogens (primary N) is 1. The van der Waals surface area contributed by atoms with E-state index in [0.29, 0.717) is 66.8 Å². The molecule has 0 saturated carbocycles. The molecule has 0 heterocycles. The summed E-state index contributed by atoms with van der Waals surface area (Å²) in [4.78, 5) is 73.9. The fraction of sp³-hybridized carbons (Fsp3) is 0.778. The van der Waals surface area contributed by atoms with Crippen LogP contribution in [-0.4, -0.2) is 107 Å². The Morgan fingerprint density at radius 1 is 0.667 bits per heavy atom. The second-order valence-electron chi connectivity index (χ2n) is 10.2. The van der Waals surface area contributed by atoms with Crippen LogP contribution >= 0.6 is 0 Å². The molecule has 0 saturated heterocycles.